The molecule has 5 rings (SSSR count). The predicted molar refractivity (Wildman–Crippen MR) is 132 cm³/mol. The summed E-state index contributed by atoms with van der Waals surface area (Å²) in [5.41, 5.74) is 3.33. The zero-order valence-corrected chi connectivity index (χ0v) is 19.3. The van der Waals surface area contributed by atoms with E-state index in [9.17, 15) is 4.79 Å². The van der Waals surface area contributed by atoms with E-state index < -0.39 is 0 Å². The summed E-state index contributed by atoms with van der Waals surface area (Å²) in [5.74, 6) is 2.00. The first-order valence-electron chi connectivity index (χ1n) is 11.1. The van der Waals surface area contributed by atoms with Gasteiger partial charge in [-0.05, 0) is 50.5 Å². The third-order valence-electron chi connectivity index (χ3n) is 5.82. The average Bonchev–Trinajstić information content (AvgIpc) is 3.24. The predicted octanol–water partition coefficient (Wildman–Crippen LogP) is 4.04. The lowest BCUT2D eigenvalue weighted by molar-refractivity contribution is -0.117. The minimum atomic E-state index is 0. The molecule has 2 aromatic heterocycles. The Balaban J connectivity index is 0.00000259. The maximum Gasteiger partial charge on any atom is 0.228 e. The number of carbonyl (C=O) groups is 1. The zero-order valence-electron chi connectivity index (χ0n) is 18.5. The van der Waals surface area contributed by atoms with Crippen LogP contribution in [0.3, 0.4) is 0 Å². The molecule has 2 fully saturated rings. The molecule has 33 heavy (non-hydrogen) atoms. The van der Waals surface area contributed by atoms with Gasteiger partial charge in [-0.25, -0.2) is 19.9 Å². The van der Waals surface area contributed by atoms with Gasteiger partial charge < -0.3 is 10.1 Å². The molecule has 1 aromatic carbocycles. The lowest BCUT2D eigenvalue weighted by Gasteiger charge is -2.24. The number of fused-ring (bicyclic) bond motifs is 1. The van der Waals surface area contributed by atoms with E-state index in [1.54, 1.807) is 4.90 Å². The minimum Gasteiger partial charge on any atom is -0.381 e. The van der Waals surface area contributed by atoms with Crippen LogP contribution in [0.4, 0.5) is 11.6 Å². The minimum absolute atomic E-state index is 0. The van der Waals surface area contributed by atoms with Crippen molar-refractivity contribution in [3.8, 4) is 0 Å². The van der Waals surface area contributed by atoms with Gasteiger partial charge in [-0.3, -0.25) is 9.69 Å². The molecule has 2 aliphatic rings. The van der Waals surface area contributed by atoms with E-state index in [-0.39, 0.29) is 18.3 Å². The fourth-order valence-electron chi connectivity index (χ4n) is 4.09. The van der Waals surface area contributed by atoms with Crippen LogP contribution in [0.25, 0.3) is 23.2 Å². The van der Waals surface area contributed by atoms with E-state index in [0.717, 1.165) is 60.7 Å². The van der Waals surface area contributed by atoms with Gasteiger partial charge in [-0.2, -0.15) is 0 Å². The molecule has 0 radical (unpaired) electrons. The molecule has 2 saturated heterocycles. The molecule has 1 N–H and O–H groups in total. The smallest absolute Gasteiger partial charge is 0.228 e. The molecule has 4 heterocycles. The molecule has 0 saturated carbocycles. The molecular formula is C24H27ClN6O2. The number of nitrogens with zero attached hydrogens (tertiary/aromatic N) is 5. The number of aryl methyl sites for hydroxylation is 1. The summed E-state index contributed by atoms with van der Waals surface area (Å²) >= 11 is 0. The number of aromatic nitrogens is 4. The van der Waals surface area contributed by atoms with E-state index in [0.29, 0.717) is 30.6 Å². The van der Waals surface area contributed by atoms with Crippen LogP contribution in [-0.2, 0) is 9.53 Å². The molecule has 172 valence electrons. The molecule has 0 aliphatic carbocycles. The first-order chi connectivity index (χ1) is 15.7. The van der Waals surface area contributed by atoms with Crippen LogP contribution in [0.15, 0.2) is 30.3 Å². The Bertz CT molecular complexity index is 1180. The second-order valence-electron chi connectivity index (χ2n) is 8.17. The molecule has 2 aliphatic heterocycles. The van der Waals surface area contributed by atoms with Crippen molar-refractivity contribution in [1.29, 1.82) is 0 Å². The van der Waals surface area contributed by atoms with Crippen LogP contribution in [-0.4, -0.2) is 51.6 Å². The average molecular weight is 467 g/mol. The van der Waals surface area contributed by atoms with Gasteiger partial charge in [0.05, 0.1) is 22.4 Å². The summed E-state index contributed by atoms with van der Waals surface area (Å²) < 4.78 is 5.46. The monoisotopic (exact) mass is 466 g/mol. The second-order valence-corrected chi connectivity index (χ2v) is 8.17. The van der Waals surface area contributed by atoms with Crippen LogP contribution in [0, 0.1) is 6.92 Å². The summed E-state index contributed by atoms with van der Waals surface area (Å²) in [6.07, 6.45) is 6.99. The van der Waals surface area contributed by atoms with Crippen molar-refractivity contribution < 1.29 is 9.53 Å². The highest BCUT2D eigenvalue weighted by Gasteiger charge is 2.24. The van der Waals surface area contributed by atoms with Crippen molar-refractivity contribution >= 4 is 53.1 Å². The maximum atomic E-state index is 12.3. The Kier molecular flexibility index (Phi) is 7.15. The van der Waals surface area contributed by atoms with Gasteiger partial charge in [0.15, 0.2) is 5.82 Å². The van der Waals surface area contributed by atoms with Crippen LogP contribution in [0.1, 0.15) is 42.9 Å². The lowest BCUT2D eigenvalue weighted by Crippen LogP contribution is -2.29. The van der Waals surface area contributed by atoms with Crippen LogP contribution < -0.4 is 10.2 Å². The lowest BCUT2D eigenvalue weighted by atomic mass is 10.1. The Morgan fingerprint density at radius 1 is 1.06 bits per heavy atom. The standard InChI is InChI=1S/C24H26N6O2.ClH/c1-16-18(27-20-6-3-2-5-19(20)25-16)8-9-21-28-22(26-17-10-13-32-14-11-17)15-23(29-21)30-12-4-7-24(30)31;/h2-3,5-6,8-9,15,17H,4,7,10-14H2,1H3,(H,26,28,29);1H/b9-8+;. The highest BCUT2D eigenvalue weighted by molar-refractivity contribution is 5.94. The normalized spacial score (nSPS) is 17.0. The molecule has 9 heteroatoms. The van der Waals surface area contributed by atoms with Gasteiger partial charge in [0.25, 0.3) is 0 Å². The Labute approximate surface area is 198 Å². The number of amides is 1. The molecule has 0 spiro atoms. The highest BCUT2D eigenvalue weighted by atomic mass is 35.5. The van der Waals surface area contributed by atoms with Gasteiger partial charge in [-0.15, -0.1) is 12.4 Å². The Hall–Kier alpha value is -3.10. The highest BCUT2D eigenvalue weighted by Crippen LogP contribution is 2.24. The summed E-state index contributed by atoms with van der Waals surface area (Å²) in [6.45, 7) is 4.11. The second kappa shape index (κ2) is 10.2. The number of halogens is 1. The summed E-state index contributed by atoms with van der Waals surface area (Å²) in [4.78, 5) is 32.8. The van der Waals surface area contributed by atoms with Gasteiger partial charge in [0.1, 0.15) is 11.6 Å². The molecule has 0 bridgehead atoms. The largest absolute Gasteiger partial charge is 0.381 e. The molecule has 1 amide bonds. The number of ether oxygens (including phenoxy) is 1. The number of benzene rings is 1. The Morgan fingerprint density at radius 2 is 1.82 bits per heavy atom. The van der Waals surface area contributed by atoms with Gasteiger partial charge in [0.2, 0.25) is 5.91 Å². The zero-order chi connectivity index (χ0) is 21.9. The topological polar surface area (TPSA) is 93.1 Å². The van der Waals surface area contributed by atoms with E-state index in [1.807, 2.05) is 49.4 Å². The number of hydrogen-bond acceptors (Lipinski definition) is 7. The maximum absolute atomic E-state index is 12.3. The van der Waals surface area contributed by atoms with Crippen LogP contribution >= 0.6 is 12.4 Å². The van der Waals surface area contributed by atoms with E-state index in [1.165, 1.54) is 0 Å². The third-order valence-corrected chi connectivity index (χ3v) is 5.82. The fourth-order valence-corrected chi connectivity index (χ4v) is 4.09. The molecule has 3 aromatic rings. The summed E-state index contributed by atoms with van der Waals surface area (Å²) in [7, 11) is 0. The Morgan fingerprint density at radius 3 is 2.55 bits per heavy atom. The van der Waals surface area contributed by atoms with Gasteiger partial charge in [-0.1, -0.05) is 12.1 Å². The molecule has 0 atom stereocenters. The van der Waals surface area contributed by atoms with Gasteiger partial charge in [0, 0.05) is 38.3 Å². The van der Waals surface area contributed by atoms with Crippen molar-refractivity contribution in [2.75, 3.05) is 30.0 Å². The number of anilines is 2. The van der Waals surface area contributed by atoms with Crippen molar-refractivity contribution in [3.63, 3.8) is 0 Å². The number of para-hydroxylation sites is 2. The third kappa shape index (κ3) is 5.29. The van der Waals surface area contributed by atoms with Crippen molar-refractivity contribution in [1.82, 2.24) is 19.9 Å². The first kappa shape index (κ1) is 23.1. The van der Waals surface area contributed by atoms with Crippen LogP contribution in [0.2, 0.25) is 0 Å². The van der Waals surface area contributed by atoms with E-state index >= 15 is 0 Å². The van der Waals surface area contributed by atoms with Crippen LogP contribution in [0.5, 0.6) is 0 Å². The van der Waals surface area contributed by atoms with E-state index in [4.69, 9.17) is 14.7 Å². The number of carbonyl (C=O) groups excluding carboxylic acids is 1. The molecular weight excluding hydrogens is 440 g/mol. The molecule has 8 nitrogen and oxygen atoms in total. The molecule has 0 unspecified atom stereocenters. The summed E-state index contributed by atoms with van der Waals surface area (Å²) in [5, 5.41) is 3.50. The first-order valence-corrected chi connectivity index (χ1v) is 11.1. The van der Waals surface area contributed by atoms with Gasteiger partial charge >= 0.3 is 0 Å². The fraction of sp³-hybridized carbons (Fsp3) is 0.375. The number of hydrogen-bond donors (Lipinski definition) is 1. The quantitative estimate of drug-likeness (QED) is 0.606. The van der Waals surface area contributed by atoms with Crippen molar-refractivity contribution in [3.05, 3.63) is 47.5 Å². The number of nitrogens with one attached hydrogen (secondary N) is 1. The number of rotatable bonds is 5. The van der Waals surface area contributed by atoms with Crippen molar-refractivity contribution in [2.45, 2.75) is 38.6 Å². The SMILES string of the molecule is Cc1nc2ccccc2nc1/C=C/c1nc(NC2CCOCC2)cc(N2CCCC2=O)n1.Cl. The van der Waals surface area contributed by atoms with Crippen molar-refractivity contribution in [2.24, 2.45) is 0 Å². The van der Waals surface area contributed by atoms with E-state index in [2.05, 4.69) is 15.3 Å². The summed E-state index contributed by atoms with van der Waals surface area (Å²) in [6, 6.07) is 9.98.